The first-order valence-corrected chi connectivity index (χ1v) is 9.30. The Hall–Kier alpha value is -0.210. The molecule has 0 amide bonds. The molecule has 1 aliphatic rings. The second-order valence-corrected chi connectivity index (χ2v) is 7.95. The maximum Gasteiger partial charge on any atom is 0.279 e. The van der Waals surface area contributed by atoms with Crippen LogP contribution in [0.1, 0.15) is 40.5 Å². The number of nitrogens with one attached hydrogen (secondary N) is 1. The molecule has 0 aromatic carbocycles. The van der Waals surface area contributed by atoms with Crippen molar-refractivity contribution in [3.63, 3.8) is 0 Å². The Bertz CT molecular complexity index is 392. The summed E-state index contributed by atoms with van der Waals surface area (Å²) >= 11 is 0. The molecule has 1 fully saturated rings. The van der Waals surface area contributed by atoms with Crippen LogP contribution in [-0.2, 0) is 14.9 Å². The molecule has 1 N–H and O–H groups in total. The summed E-state index contributed by atoms with van der Waals surface area (Å²) in [5.41, 5.74) is 0. The molecule has 3 atom stereocenters. The highest BCUT2D eigenvalue weighted by molar-refractivity contribution is 7.87. The van der Waals surface area contributed by atoms with Crippen LogP contribution in [0.2, 0.25) is 0 Å². The number of ether oxygens (including phenoxy) is 1. The van der Waals surface area contributed by atoms with E-state index in [1.165, 1.54) is 4.31 Å². The van der Waals surface area contributed by atoms with Gasteiger partial charge in [0, 0.05) is 39.3 Å². The Balaban J connectivity index is 2.46. The maximum atomic E-state index is 12.1. The van der Waals surface area contributed by atoms with E-state index in [9.17, 15) is 8.42 Å². The van der Waals surface area contributed by atoms with E-state index in [1.807, 2.05) is 0 Å². The zero-order chi connectivity index (χ0) is 16.0. The van der Waals surface area contributed by atoms with Gasteiger partial charge in [0.2, 0.25) is 0 Å². The summed E-state index contributed by atoms with van der Waals surface area (Å²) < 4.78 is 34.1. The first kappa shape index (κ1) is 18.8. The fraction of sp³-hybridized carbons (Fsp3) is 1.00. The molecule has 126 valence electrons. The summed E-state index contributed by atoms with van der Waals surface area (Å²) in [4.78, 5) is 2.29. The second-order valence-electron chi connectivity index (χ2n) is 6.09. The van der Waals surface area contributed by atoms with E-state index in [-0.39, 0.29) is 18.2 Å². The molecule has 0 aromatic rings. The van der Waals surface area contributed by atoms with Gasteiger partial charge in [-0.25, -0.2) is 4.72 Å². The molecule has 7 heteroatoms. The van der Waals surface area contributed by atoms with Crippen LogP contribution in [0.25, 0.3) is 0 Å². The summed E-state index contributed by atoms with van der Waals surface area (Å²) in [6, 6.07) is 0.160. The van der Waals surface area contributed by atoms with Crippen molar-refractivity contribution < 1.29 is 13.2 Å². The quantitative estimate of drug-likeness (QED) is 0.726. The monoisotopic (exact) mass is 321 g/mol. The molecule has 1 heterocycles. The van der Waals surface area contributed by atoms with Crippen LogP contribution in [0.4, 0.5) is 0 Å². The topological polar surface area (TPSA) is 61.9 Å². The van der Waals surface area contributed by atoms with Crippen LogP contribution in [0, 0.1) is 0 Å². The van der Waals surface area contributed by atoms with Gasteiger partial charge in [0.05, 0.1) is 12.2 Å². The molecule has 0 aromatic heterocycles. The minimum Gasteiger partial charge on any atom is -0.373 e. The molecule has 0 saturated carbocycles. The maximum absolute atomic E-state index is 12.1. The molecule has 0 unspecified atom stereocenters. The summed E-state index contributed by atoms with van der Waals surface area (Å²) in [6.45, 7) is 10.9. The normalized spacial score (nSPS) is 26.2. The third-order valence-electron chi connectivity index (χ3n) is 3.87. The number of unbranched alkanes of at least 4 members (excludes halogenated alkanes) is 1. The van der Waals surface area contributed by atoms with E-state index in [0.29, 0.717) is 13.1 Å². The van der Waals surface area contributed by atoms with E-state index >= 15 is 0 Å². The minimum absolute atomic E-state index is 0.160. The van der Waals surface area contributed by atoms with Gasteiger partial charge in [-0.05, 0) is 27.2 Å². The average Bonchev–Trinajstić information content (AvgIpc) is 2.41. The van der Waals surface area contributed by atoms with Crippen LogP contribution in [-0.4, -0.2) is 69.1 Å². The van der Waals surface area contributed by atoms with Crippen molar-refractivity contribution in [3.05, 3.63) is 0 Å². The lowest BCUT2D eigenvalue weighted by atomic mass is 10.2. The lowest BCUT2D eigenvalue weighted by Crippen LogP contribution is -2.53. The van der Waals surface area contributed by atoms with Gasteiger partial charge in [-0.1, -0.05) is 13.3 Å². The zero-order valence-electron chi connectivity index (χ0n) is 14.0. The van der Waals surface area contributed by atoms with E-state index in [1.54, 1.807) is 7.05 Å². The number of hydrogen-bond acceptors (Lipinski definition) is 4. The third-order valence-corrected chi connectivity index (χ3v) is 5.40. The van der Waals surface area contributed by atoms with Crippen molar-refractivity contribution in [2.24, 2.45) is 0 Å². The van der Waals surface area contributed by atoms with Crippen molar-refractivity contribution in [2.75, 3.05) is 33.2 Å². The Morgan fingerprint density at radius 2 is 1.90 bits per heavy atom. The van der Waals surface area contributed by atoms with E-state index in [4.69, 9.17) is 4.74 Å². The van der Waals surface area contributed by atoms with Gasteiger partial charge in [0.1, 0.15) is 0 Å². The fourth-order valence-electron chi connectivity index (χ4n) is 2.54. The lowest BCUT2D eigenvalue weighted by molar-refractivity contribution is -0.0776. The number of hydrogen-bond donors (Lipinski definition) is 1. The second kappa shape index (κ2) is 8.43. The van der Waals surface area contributed by atoms with Gasteiger partial charge in [-0.3, -0.25) is 4.90 Å². The number of morpholine rings is 1. The molecule has 1 rings (SSSR count). The Kier molecular flexibility index (Phi) is 7.56. The Labute approximate surface area is 130 Å². The fourth-order valence-corrected chi connectivity index (χ4v) is 3.59. The first-order valence-electron chi connectivity index (χ1n) is 7.86. The van der Waals surface area contributed by atoms with E-state index in [0.717, 1.165) is 25.9 Å². The van der Waals surface area contributed by atoms with Crippen molar-refractivity contribution in [3.8, 4) is 0 Å². The molecule has 0 spiro atoms. The van der Waals surface area contributed by atoms with Crippen LogP contribution >= 0.6 is 0 Å². The first-order chi connectivity index (χ1) is 9.76. The van der Waals surface area contributed by atoms with Crippen molar-refractivity contribution >= 4 is 10.2 Å². The van der Waals surface area contributed by atoms with Crippen LogP contribution in [0.3, 0.4) is 0 Å². The van der Waals surface area contributed by atoms with E-state index < -0.39 is 10.2 Å². The Morgan fingerprint density at radius 3 is 2.43 bits per heavy atom. The highest BCUT2D eigenvalue weighted by Crippen LogP contribution is 2.13. The lowest BCUT2D eigenvalue weighted by Gasteiger charge is -2.39. The van der Waals surface area contributed by atoms with Gasteiger partial charge in [0.15, 0.2) is 0 Å². The highest BCUT2D eigenvalue weighted by atomic mass is 32.2. The minimum atomic E-state index is -3.37. The van der Waals surface area contributed by atoms with Crippen molar-refractivity contribution in [1.82, 2.24) is 13.9 Å². The van der Waals surface area contributed by atoms with Gasteiger partial charge < -0.3 is 4.74 Å². The van der Waals surface area contributed by atoms with Crippen LogP contribution in [0.5, 0.6) is 0 Å². The van der Waals surface area contributed by atoms with Gasteiger partial charge in [0.25, 0.3) is 10.2 Å². The summed E-state index contributed by atoms with van der Waals surface area (Å²) in [6.07, 6.45) is 2.26. The number of rotatable bonds is 8. The van der Waals surface area contributed by atoms with Gasteiger partial charge in [-0.15, -0.1) is 0 Å². The molecule has 0 bridgehead atoms. The third kappa shape index (κ3) is 6.20. The smallest absolute Gasteiger partial charge is 0.279 e. The SMILES string of the molecule is CCCCN(C)S(=O)(=O)NC[C@H](C)N1C[C@H](C)O[C@@H](C)C1. The molecule has 0 radical (unpaired) electrons. The molecule has 6 nitrogen and oxygen atoms in total. The number of nitrogens with zero attached hydrogens (tertiary/aromatic N) is 2. The molecule has 1 saturated heterocycles. The molecule has 21 heavy (non-hydrogen) atoms. The van der Waals surface area contributed by atoms with Crippen molar-refractivity contribution in [1.29, 1.82) is 0 Å². The van der Waals surface area contributed by atoms with E-state index in [2.05, 4.69) is 37.3 Å². The highest BCUT2D eigenvalue weighted by Gasteiger charge is 2.27. The van der Waals surface area contributed by atoms with Crippen LogP contribution in [0.15, 0.2) is 0 Å². The molecular formula is C14H31N3O3S. The van der Waals surface area contributed by atoms with Crippen LogP contribution < -0.4 is 4.72 Å². The summed E-state index contributed by atoms with van der Waals surface area (Å²) in [5.74, 6) is 0. The predicted octanol–water partition coefficient (Wildman–Crippen LogP) is 1.05. The Morgan fingerprint density at radius 1 is 1.33 bits per heavy atom. The van der Waals surface area contributed by atoms with Gasteiger partial charge in [-0.2, -0.15) is 12.7 Å². The predicted molar refractivity (Wildman–Crippen MR) is 85.5 cm³/mol. The standard InChI is InChI=1S/C14H31N3O3S/c1-6-7-8-16(5)21(18,19)15-9-12(2)17-10-13(3)20-14(4)11-17/h12-15H,6-11H2,1-5H3/t12-,13-,14-/m0/s1. The molecular weight excluding hydrogens is 290 g/mol. The summed E-state index contributed by atoms with van der Waals surface area (Å²) in [7, 11) is -1.74. The van der Waals surface area contributed by atoms with Gasteiger partial charge >= 0.3 is 0 Å². The average molecular weight is 321 g/mol. The zero-order valence-corrected chi connectivity index (χ0v) is 14.8. The molecule has 0 aliphatic carbocycles. The molecule has 1 aliphatic heterocycles. The summed E-state index contributed by atoms with van der Waals surface area (Å²) in [5, 5.41) is 0. The van der Waals surface area contributed by atoms with Crippen molar-refractivity contribution in [2.45, 2.75) is 58.8 Å². The largest absolute Gasteiger partial charge is 0.373 e.